The van der Waals surface area contributed by atoms with Gasteiger partial charge in [-0.05, 0) is 37.0 Å². The Balaban J connectivity index is 1.92. The number of hydrogen-bond acceptors (Lipinski definition) is 5. The highest BCUT2D eigenvalue weighted by Gasteiger charge is 2.26. The Morgan fingerprint density at radius 1 is 1.38 bits per heavy atom. The molecule has 1 aromatic rings. The monoisotopic (exact) mass is 294 g/mol. The number of amides is 1. The average Bonchev–Trinajstić information content (AvgIpc) is 2.50. The molecule has 1 amide bonds. The number of piperidine rings is 1. The van der Waals surface area contributed by atoms with Gasteiger partial charge in [-0.25, -0.2) is 0 Å². The molecule has 1 saturated heterocycles. The van der Waals surface area contributed by atoms with E-state index in [0.717, 1.165) is 18.4 Å². The molecule has 0 saturated carbocycles. The number of carbonyl (C=O) groups excluding carboxylic acids is 1. The van der Waals surface area contributed by atoms with Gasteiger partial charge >= 0.3 is 0 Å². The second-order valence-electron chi connectivity index (χ2n) is 5.39. The second-order valence-corrected chi connectivity index (χ2v) is 5.39. The zero-order valence-electron chi connectivity index (χ0n) is 12.2. The summed E-state index contributed by atoms with van der Waals surface area (Å²) in [6.45, 7) is 1.32. The summed E-state index contributed by atoms with van der Waals surface area (Å²) in [5, 5.41) is 18.7. The third-order valence-corrected chi connectivity index (χ3v) is 3.90. The van der Waals surface area contributed by atoms with Crippen LogP contribution in [-0.4, -0.2) is 53.4 Å². The molecule has 1 fully saturated rings. The summed E-state index contributed by atoms with van der Waals surface area (Å²) in [4.78, 5) is 14.1. The number of nitrogens with two attached hydrogens (primary N) is 1. The van der Waals surface area contributed by atoms with Crippen molar-refractivity contribution in [3.8, 4) is 11.5 Å². The predicted molar refractivity (Wildman–Crippen MR) is 78.1 cm³/mol. The van der Waals surface area contributed by atoms with Crippen LogP contribution in [0.4, 0.5) is 0 Å². The molecule has 2 rings (SSSR count). The van der Waals surface area contributed by atoms with Crippen molar-refractivity contribution in [2.45, 2.75) is 31.4 Å². The number of hydrogen-bond donors (Lipinski definition) is 3. The molecular formula is C15H22N2O4. The van der Waals surface area contributed by atoms with Gasteiger partial charge in [0.2, 0.25) is 5.91 Å². The maximum absolute atomic E-state index is 12.3. The van der Waals surface area contributed by atoms with Crippen LogP contribution in [0.25, 0.3) is 0 Å². The number of phenols is 2. The van der Waals surface area contributed by atoms with Crippen molar-refractivity contribution < 1.29 is 19.7 Å². The van der Waals surface area contributed by atoms with E-state index in [1.807, 2.05) is 0 Å². The number of rotatable bonds is 4. The predicted octanol–water partition coefficient (Wildman–Crippen LogP) is 0.605. The number of benzene rings is 1. The fourth-order valence-corrected chi connectivity index (χ4v) is 2.58. The topological polar surface area (TPSA) is 96.0 Å². The quantitative estimate of drug-likeness (QED) is 0.707. The molecule has 0 aliphatic carbocycles. The molecule has 0 aromatic heterocycles. The van der Waals surface area contributed by atoms with Gasteiger partial charge in [0.15, 0.2) is 11.5 Å². The fraction of sp³-hybridized carbons (Fsp3) is 0.533. The molecule has 1 aromatic carbocycles. The molecule has 0 bridgehead atoms. The lowest BCUT2D eigenvalue weighted by Gasteiger charge is -2.32. The third kappa shape index (κ3) is 3.86. The fourth-order valence-electron chi connectivity index (χ4n) is 2.58. The minimum absolute atomic E-state index is 0.0860. The minimum atomic E-state index is -0.645. The van der Waals surface area contributed by atoms with Gasteiger partial charge in [-0.3, -0.25) is 4.79 Å². The van der Waals surface area contributed by atoms with Crippen molar-refractivity contribution in [3.63, 3.8) is 0 Å². The van der Waals surface area contributed by atoms with Gasteiger partial charge in [-0.1, -0.05) is 6.07 Å². The van der Waals surface area contributed by atoms with Gasteiger partial charge in [0, 0.05) is 20.2 Å². The number of likely N-dealkylation sites (tertiary alicyclic amines) is 1. The van der Waals surface area contributed by atoms with Crippen LogP contribution in [0.1, 0.15) is 18.4 Å². The summed E-state index contributed by atoms with van der Waals surface area (Å²) in [6.07, 6.45) is 2.21. The van der Waals surface area contributed by atoms with Crippen molar-refractivity contribution in [2.75, 3.05) is 20.2 Å². The number of carbonyl (C=O) groups is 1. The van der Waals surface area contributed by atoms with Crippen LogP contribution in [0.15, 0.2) is 18.2 Å². The van der Waals surface area contributed by atoms with E-state index in [1.54, 1.807) is 18.1 Å². The van der Waals surface area contributed by atoms with E-state index in [1.165, 1.54) is 12.1 Å². The number of nitrogens with zero attached hydrogens (tertiary/aromatic N) is 1. The molecule has 6 nitrogen and oxygen atoms in total. The van der Waals surface area contributed by atoms with Crippen LogP contribution in [0, 0.1) is 0 Å². The summed E-state index contributed by atoms with van der Waals surface area (Å²) in [6, 6.07) is 3.83. The lowest BCUT2D eigenvalue weighted by Crippen LogP contribution is -2.49. The average molecular weight is 294 g/mol. The first-order valence-electron chi connectivity index (χ1n) is 7.09. The number of ether oxygens (including phenoxy) is 1. The summed E-state index contributed by atoms with van der Waals surface area (Å²) in [5.74, 6) is -0.467. The molecule has 0 radical (unpaired) electrons. The molecular weight excluding hydrogens is 272 g/mol. The van der Waals surface area contributed by atoms with Crippen LogP contribution in [0.5, 0.6) is 11.5 Å². The number of aromatic hydroxyl groups is 2. The SMILES string of the molecule is COC1CCN(C(=O)[C@@H](N)Cc2ccc(O)c(O)c2)CC1. The van der Waals surface area contributed by atoms with Crippen molar-refractivity contribution >= 4 is 5.91 Å². The number of methoxy groups -OCH3 is 1. The Hall–Kier alpha value is -1.79. The standard InChI is InChI=1S/C15H22N2O4/c1-21-11-4-6-17(7-5-11)15(20)12(16)8-10-2-3-13(18)14(19)9-10/h2-3,9,11-12,18-19H,4-8,16H2,1H3/t12-/m0/s1. The molecule has 4 N–H and O–H groups in total. The van der Waals surface area contributed by atoms with Gasteiger partial charge in [0.05, 0.1) is 12.1 Å². The van der Waals surface area contributed by atoms with Gasteiger partial charge in [0.25, 0.3) is 0 Å². The Kier molecular flexibility index (Phi) is 5.03. The lowest BCUT2D eigenvalue weighted by atomic mass is 10.0. The zero-order valence-corrected chi connectivity index (χ0v) is 12.2. The Labute approximate surface area is 124 Å². The van der Waals surface area contributed by atoms with Crippen LogP contribution < -0.4 is 5.73 Å². The normalized spacial score (nSPS) is 17.7. The highest BCUT2D eigenvalue weighted by atomic mass is 16.5. The highest BCUT2D eigenvalue weighted by Crippen LogP contribution is 2.25. The maximum atomic E-state index is 12.3. The molecule has 0 spiro atoms. The van der Waals surface area contributed by atoms with E-state index in [4.69, 9.17) is 10.5 Å². The molecule has 6 heteroatoms. The zero-order chi connectivity index (χ0) is 15.4. The van der Waals surface area contributed by atoms with Gasteiger partial charge < -0.3 is 25.6 Å². The van der Waals surface area contributed by atoms with Crippen LogP contribution in [0.2, 0.25) is 0 Å². The van der Waals surface area contributed by atoms with Gasteiger partial charge in [-0.15, -0.1) is 0 Å². The van der Waals surface area contributed by atoms with Crippen LogP contribution in [0.3, 0.4) is 0 Å². The highest BCUT2D eigenvalue weighted by molar-refractivity contribution is 5.82. The van der Waals surface area contributed by atoms with E-state index in [9.17, 15) is 15.0 Å². The van der Waals surface area contributed by atoms with Gasteiger partial charge in [0.1, 0.15) is 0 Å². The summed E-state index contributed by atoms with van der Waals surface area (Å²) in [5.41, 5.74) is 6.69. The van der Waals surface area contributed by atoms with E-state index in [0.29, 0.717) is 19.5 Å². The molecule has 1 atom stereocenters. The summed E-state index contributed by atoms with van der Waals surface area (Å²) in [7, 11) is 1.69. The molecule has 0 unspecified atom stereocenters. The molecule has 1 heterocycles. The summed E-state index contributed by atoms with van der Waals surface area (Å²) < 4.78 is 5.28. The molecule has 1 aliphatic heterocycles. The van der Waals surface area contributed by atoms with Crippen LogP contribution in [-0.2, 0) is 16.0 Å². The molecule has 21 heavy (non-hydrogen) atoms. The molecule has 116 valence electrons. The number of phenolic OH excluding ortho intramolecular Hbond substituents is 2. The van der Waals surface area contributed by atoms with Crippen molar-refractivity contribution in [2.24, 2.45) is 5.73 Å². The minimum Gasteiger partial charge on any atom is -0.504 e. The van der Waals surface area contributed by atoms with E-state index >= 15 is 0 Å². The second kappa shape index (κ2) is 6.78. The first-order chi connectivity index (χ1) is 10.0. The smallest absolute Gasteiger partial charge is 0.239 e. The van der Waals surface area contributed by atoms with Crippen molar-refractivity contribution in [1.82, 2.24) is 4.90 Å². The Morgan fingerprint density at radius 2 is 2.05 bits per heavy atom. The van der Waals surface area contributed by atoms with E-state index in [-0.39, 0.29) is 23.5 Å². The van der Waals surface area contributed by atoms with Crippen molar-refractivity contribution in [1.29, 1.82) is 0 Å². The van der Waals surface area contributed by atoms with Crippen LogP contribution >= 0.6 is 0 Å². The lowest BCUT2D eigenvalue weighted by molar-refractivity contribution is -0.134. The van der Waals surface area contributed by atoms with Crippen molar-refractivity contribution in [3.05, 3.63) is 23.8 Å². The largest absolute Gasteiger partial charge is 0.504 e. The maximum Gasteiger partial charge on any atom is 0.239 e. The first kappa shape index (κ1) is 15.6. The Bertz CT molecular complexity index is 498. The third-order valence-electron chi connectivity index (χ3n) is 3.90. The van der Waals surface area contributed by atoms with E-state index in [2.05, 4.69) is 0 Å². The Morgan fingerprint density at radius 3 is 2.62 bits per heavy atom. The summed E-state index contributed by atoms with van der Waals surface area (Å²) >= 11 is 0. The van der Waals surface area contributed by atoms with E-state index < -0.39 is 6.04 Å². The molecule has 1 aliphatic rings. The first-order valence-corrected chi connectivity index (χ1v) is 7.09. The van der Waals surface area contributed by atoms with Gasteiger partial charge in [-0.2, -0.15) is 0 Å².